The largest absolute Gasteiger partial charge is 0.508 e. The Kier molecular flexibility index (Phi) is 36.3. The van der Waals surface area contributed by atoms with Gasteiger partial charge >= 0.3 is 11.9 Å². The number of aliphatic hydroxyl groups is 1. The number of nitrogens with two attached hydrogens (primary N) is 2. The van der Waals surface area contributed by atoms with E-state index in [0.29, 0.717) is 43.2 Å². The molecule has 0 saturated carbocycles. The molecule has 2 aromatic carbocycles. The Morgan fingerprint density at radius 1 is 0.451 bits per heavy atom. The summed E-state index contributed by atoms with van der Waals surface area (Å²) in [6.07, 6.45) is -0.435. The zero-order chi connectivity index (χ0) is 68.5. The van der Waals surface area contributed by atoms with Gasteiger partial charge in [0, 0.05) is 30.8 Å². The van der Waals surface area contributed by atoms with E-state index < -0.39 is 156 Å². The lowest BCUT2D eigenvalue weighted by molar-refractivity contribution is -0.141. The van der Waals surface area contributed by atoms with Gasteiger partial charge in [-0.05, 0) is 107 Å². The van der Waals surface area contributed by atoms with Crippen molar-refractivity contribution in [3.8, 4) is 11.5 Å². The highest BCUT2D eigenvalue weighted by Crippen LogP contribution is 2.16. The number of hydrogen-bond acceptors (Lipinski definition) is 19. The molecule has 10 amide bonds. The first-order valence-corrected chi connectivity index (χ1v) is 31.6. The van der Waals surface area contributed by atoms with E-state index >= 15 is 0 Å². The number of rotatable bonds is 43. The normalized spacial score (nSPS) is 15.1. The van der Waals surface area contributed by atoms with E-state index in [1.807, 2.05) is 13.8 Å². The second-order valence-corrected chi connectivity index (χ2v) is 23.4. The van der Waals surface area contributed by atoms with Crippen molar-refractivity contribution in [3.63, 3.8) is 0 Å². The number of phenolic OH excluding ortho intramolecular Hbond substituents is 2. The van der Waals surface area contributed by atoms with E-state index in [1.54, 1.807) is 13.8 Å². The van der Waals surface area contributed by atoms with Gasteiger partial charge in [0.15, 0.2) is 0 Å². The van der Waals surface area contributed by atoms with Crippen LogP contribution in [0.5, 0.6) is 11.5 Å². The highest BCUT2D eigenvalue weighted by atomic mass is 32.1. The number of aliphatic hydroxyl groups excluding tert-OH is 1. The molecule has 0 aromatic heterocycles. The van der Waals surface area contributed by atoms with Crippen molar-refractivity contribution in [3.05, 3.63) is 59.7 Å². The van der Waals surface area contributed by atoms with Crippen LogP contribution in [-0.2, 0) is 70.4 Å². The van der Waals surface area contributed by atoms with Gasteiger partial charge in [-0.3, -0.25) is 52.7 Å². The lowest BCUT2D eigenvalue weighted by atomic mass is 10.00. The minimum Gasteiger partial charge on any atom is -0.508 e. The average Bonchev–Trinajstić information content (AvgIpc) is 1.56. The number of carbonyl (C=O) groups is 12. The smallest absolute Gasteiger partial charge is 0.327 e. The summed E-state index contributed by atoms with van der Waals surface area (Å²) in [6.45, 7) is 9.85. The number of thiol groups is 2. The number of aromatic hydroxyl groups is 2. The molecule has 508 valence electrons. The number of carboxylic acid groups (broad SMARTS) is 2. The van der Waals surface area contributed by atoms with Gasteiger partial charge in [-0.1, -0.05) is 77.6 Å². The summed E-state index contributed by atoms with van der Waals surface area (Å²) in [4.78, 5) is 163. The Labute approximate surface area is 540 Å². The van der Waals surface area contributed by atoms with Crippen molar-refractivity contribution >= 4 is 96.3 Å². The molecule has 2 aromatic rings. The molecule has 2 rings (SSSR count). The minimum absolute atomic E-state index is 0.000261. The summed E-state index contributed by atoms with van der Waals surface area (Å²) in [7, 11) is 0. The van der Waals surface area contributed by atoms with Gasteiger partial charge in [-0.15, -0.1) is 0 Å². The monoisotopic (exact) mass is 1320 g/mol. The number of aliphatic carboxylic acids is 2. The number of carboxylic acids is 2. The third kappa shape index (κ3) is 29.4. The van der Waals surface area contributed by atoms with Crippen molar-refractivity contribution in [2.24, 2.45) is 17.4 Å². The summed E-state index contributed by atoms with van der Waals surface area (Å²) in [6, 6.07) is -4.20. The summed E-state index contributed by atoms with van der Waals surface area (Å²) in [5, 5.41) is 75.0. The van der Waals surface area contributed by atoms with Crippen molar-refractivity contribution in [2.45, 2.75) is 204 Å². The van der Waals surface area contributed by atoms with Gasteiger partial charge in [0.1, 0.15) is 71.9 Å². The Morgan fingerprint density at radius 2 is 0.824 bits per heavy atom. The molecule has 0 bridgehead atoms. The van der Waals surface area contributed by atoms with Crippen molar-refractivity contribution in [1.82, 2.24) is 53.2 Å². The molecule has 0 radical (unpaired) electrons. The fourth-order valence-electron chi connectivity index (χ4n) is 9.01. The maximum absolute atomic E-state index is 14.7. The second-order valence-electron chi connectivity index (χ2n) is 22.6. The fraction of sp³-hybridized carbons (Fsp3) is 0.600. The van der Waals surface area contributed by atoms with Crippen molar-refractivity contribution in [1.29, 1.82) is 0 Å². The number of unbranched alkanes of at least 4 members (excludes halogenated alkanes) is 3. The first-order valence-electron chi connectivity index (χ1n) is 30.4. The van der Waals surface area contributed by atoms with Crippen LogP contribution in [0.1, 0.15) is 130 Å². The van der Waals surface area contributed by atoms with Gasteiger partial charge in [-0.25, -0.2) is 4.79 Å². The van der Waals surface area contributed by atoms with Gasteiger partial charge in [-0.2, -0.15) is 25.3 Å². The molecule has 0 spiro atoms. The van der Waals surface area contributed by atoms with E-state index in [1.165, 1.54) is 62.4 Å². The molecule has 0 unspecified atom stereocenters. The number of carbonyl (C=O) groups excluding carboxylic acids is 10. The standard InChI is InChI=1S/C60H94N12O17S2/c1-7-9-13-40(52(80)68-44(27-32(3)4)56(84)63-33(5)50(78)64-43(24-25-48(76)77)55(83)65-41(14-10-8-2)54(82)71-47(31-91)60(88)89)66-57(85)45(28-35-16-20-37(74)21-17-35)69-53(81)42(15-11-12-26-61)67-58(86)46(29-36-18-22-38(75)23-19-36)70-59(87)49(34(6)73)72-51(79)39(62)30-90/h16-23,32-34,39-47,49,73-75,90-91H,7-15,24-31,61-62H2,1-6H3,(H,63,84)(H,64,78)(H,65,83)(H,66,85)(H,67,86)(H,68,80)(H,69,81)(H,70,87)(H,71,82)(H,72,79)(H,76,77)(H,88,89)/t33-,34+,39-,40-,41-,42-,43-,44-,45-,46-,47-,49-/m0/s1. The Balaban J connectivity index is 2.52. The summed E-state index contributed by atoms with van der Waals surface area (Å²) in [5.41, 5.74) is 12.5. The topological polar surface area (TPSA) is 478 Å². The highest BCUT2D eigenvalue weighted by molar-refractivity contribution is 7.80. The highest BCUT2D eigenvalue weighted by Gasteiger charge is 2.37. The first kappa shape index (κ1) is 79.4. The zero-order valence-electron chi connectivity index (χ0n) is 52.3. The van der Waals surface area contributed by atoms with Crippen LogP contribution in [0, 0.1) is 5.92 Å². The Bertz CT molecular complexity index is 2730. The first-order chi connectivity index (χ1) is 43.0. The number of phenols is 2. The van der Waals surface area contributed by atoms with Crippen LogP contribution in [0.15, 0.2) is 48.5 Å². The SMILES string of the molecule is CCCC[C@H](NC(=O)[C@H](CCC(=O)O)NC(=O)[C@H](C)NC(=O)[C@H](CC(C)C)NC(=O)[C@H](CCCC)NC(=O)[C@H](Cc1ccc(O)cc1)NC(=O)[C@H](CCCCN)NC(=O)[C@H](Cc1ccc(O)cc1)NC(=O)[C@@H](NC(=O)[C@@H](N)CS)[C@@H](C)O)C(=O)N[C@@H](CS)C(=O)O. The number of benzene rings is 2. The molecule has 31 heteroatoms. The fourth-order valence-corrected chi connectivity index (χ4v) is 9.43. The lowest BCUT2D eigenvalue weighted by Crippen LogP contribution is -2.61. The third-order valence-electron chi connectivity index (χ3n) is 14.3. The van der Waals surface area contributed by atoms with Crippen LogP contribution < -0.4 is 64.6 Å². The van der Waals surface area contributed by atoms with Gasteiger partial charge in [0.25, 0.3) is 0 Å². The summed E-state index contributed by atoms with van der Waals surface area (Å²) < 4.78 is 0. The molecular formula is C60H94N12O17S2. The third-order valence-corrected chi connectivity index (χ3v) is 15.1. The van der Waals surface area contributed by atoms with Crippen LogP contribution in [0.25, 0.3) is 0 Å². The van der Waals surface area contributed by atoms with Crippen LogP contribution in [0.3, 0.4) is 0 Å². The summed E-state index contributed by atoms with van der Waals surface area (Å²) >= 11 is 7.98. The molecule has 0 aliphatic heterocycles. The van der Waals surface area contributed by atoms with E-state index in [9.17, 15) is 83.1 Å². The van der Waals surface area contributed by atoms with Gasteiger partial charge in [0.05, 0.1) is 12.1 Å². The maximum atomic E-state index is 14.7. The molecule has 0 aliphatic carbocycles. The predicted octanol–water partition coefficient (Wildman–Crippen LogP) is -1.18. The second kappa shape index (κ2) is 41.6. The lowest BCUT2D eigenvalue weighted by Gasteiger charge is -2.29. The molecule has 0 heterocycles. The predicted molar refractivity (Wildman–Crippen MR) is 342 cm³/mol. The molecule has 0 fully saturated rings. The average molecular weight is 1320 g/mol. The van der Waals surface area contributed by atoms with E-state index in [4.69, 9.17) is 11.5 Å². The van der Waals surface area contributed by atoms with Gasteiger partial charge < -0.3 is 90.2 Å². The summed E-state index contributed by atoms with van der Waals surface area (Å²) in [5.74, 6) is -12.5. The van der Waals surface area contributed by atoms with Crippen molar-refractivity contribution in [2.75, 3.05) is 18.1 Å². The van der Waals surface area contributed by atoms with Crippen molar-refractivity contribution < 1.29 is 83.1 Å². The molecule has 29 nitrogen and oxygen atoms in total. The Morgan fingerprint density at radius 3 is 1.21 bits per heavy atom. The van der Waals surface area contributed by atoms with Gasteiger partial charge in [0.2, 0.25) is 59.1 Å². The van der Waals surface area contributed by atoms with E-state index in [2.05, 4.69) is 78.4 Å². The maximum Gasteiger partial charge on any atom is 0.327 e. The van der Waals surface area contributed by atoms with E-state index in [-0.39, 0.29) is 80.4 Å². The van der Waals surface area contributed by atoms with Crippen LogP contribution in [0.4, 0.5) is 0 Å². The number of nitrogens with one attached hydrogen (secondary N) is 10. The van der Waals surface area contributed by atoms with Crippen LogP contribution in [-0.4, -0.2) is 187 Å². The molecule has 12 atom stereocenters. The molecule has 0 aliphatic rings. The molecule has 91 heavy (non-hydrogen) atoms. The Hall–Kier alpha value is -7.74. The molecular weight excluding hydrogens is 1220 g/mol. The quantitative estimate of drug-likeness (QED) is 0.0275. The number of amides is 10. The van der Waals surface area contributed by atoms with Crippen LogP contribution in [0.2, 0.25) is 0 Å². The molecule has 0 saturated heterocycles. The minimum atomic E-state index is -1.61. The molecule has 19 N–H and O–H groups in total. The number of hydrogen-bond donors (Lipinski definition) is 19. The van der Waals surface area contributed by atoms with E-state index in [0.717, 1.165) is 0 Å². The zero-order valence-corrected chi connectivity index (χ0v) is 54.1. The van der Waals surface area contributed by atoms with Crippen LogP contribution >= 0.6 is 25.3 Å².